The molecule has 0 saturated heterocycles. The van der Waals surface area contributed by atoms with Crippen molar-refractivity contribution in [3.8, 4) is 0 Å². The van der Waals surface area contributed by atoms with E-state index in [0.717, 1.165) is 18.5 Å². The normalized spacial score (nSPS) is 14.4. The van der Waals surface area contributed by atoms with Crippen LogP contribution >= 0.6 is 0 Å². The number of rotatable bonds is 7. The molecule has 0 aliphatic carbocycles. The first-order valence-electron chi connectivity index (χ1n) is 6.90. The van der Waals surface area contributed by atoms with E-state index in [0.29, 0.717) is 11.0 Å². The van der Waals surface area contributed by atoms with Crippen LogP contribution in [0.4, 0.5) is 0 Å². The number of hydrogen-bond donors (Lipinski definition) is 2. The van der Waals surface area contributed by atoms with Gasteiger partial charge < -0.3 is 10.2 Å². The average molecular weight is 276 g/mol. The van der Waals surface area contributed by atoms with Gasteiger partial charge in [0.05, 0.1) is 20.6 Å². The predicted octanol–water partition coefficient (Wildman–Crippen LogP) is 1.59. The summed E-state index contributed by atoms with van der Waals surface area (Å²) < 4.78 is 0.619. The van der Waals surface area contributed by atoms with Gasteiger partial charge in [0, 0.05) is 18.9 Å². The molecule has 0 spiro atoms. The van der Waals surface area contributed by atoms with Crippen LogP contribution in [0, 0.1) is 0 Å². The number of carbonyl (C=O) groups excluding carboxylic acids is 1. The zero-order valence-corrected chi connectivity index (χ0v) is 12.7. The molecule has 3 N–H and O–H groups in total. The van der Waals surface area contributed by atoms with Gasteiger partial charge in [-0.2, -0.15) is 0 Å². The van der Waals surface area contributed by atoms with E-state index < -0.39 is 5.66 Å². The lowest BCUT2D eigenvalue weighted by Gasteiger charge is -2.47. The number of hydrogen-bond acceptors (Lipinski definition) is 2. The third kappa shape index (κ3) is 3.46. The molecule has 20 heavy (non-hydrogen) atoms. The maximum absolute atomic E-state index is 11.9. The molecule has 1 atom stereocenters. The molecule has 0 saturated carbocycles. The highest BCUT2D eigenvalue weighted by Crippen LogP contribution is 2.30. The van der Waals surface area contributed by atoms with E-state index in [1.807, 2.05) is 37.3 Å². The van der Waals surface area contributed by atoms with Crippen LogP contribution in [0.5, 0.6) is 0 Å². The van der Waals surface area contributed by atoms with E-state index in [1.165, 1.54) is 6.08 Å². The monoisotopic (exact) mass is 276 g/mol. The van der Waals surface area contributed by atoms with Crippen molar-refractivity contribution in [1.29, 1.82) is 0 Å². The van der Waals surface area contributed by atoms with Gasteiger partial charge in [-0.1, -0.05) is 36.9 Å². The molecule has 0 aliphatic rings. The highest BCUT2D eigenvalue weighted by molar-refractivity contribution is 5.87. The fourth-order valence-corrected chi connectivity index (χ4v) is 2.34. The van der Waals surface area contributed by atoms with Gasteiger partial charge in [0.1, 0.15) is 0 Å². The molecule has 0 heterocycles. The van der Waals surface area contributed by atoms with Crippen LogP contribution in [-0.2, 0) is 10.5 Å². The van der Waals surface area contributed by atoms with Crippen molar-refractivity contribution in [3.05, 3.63) is 48.6 Å². The number of nitrogens with one attached hydrogen (secondary N) is 1. The number of benzene rings is 1. The number of amides is 1. The summed E-state index contributed by atoms with van der Waals surface area (Å²) in [5, 5.41) is 3.08. The fourth-order valence-electron chi connectivity index (χ4n) is 2.34. The van der Waals surface area contributed by atoms with Gasteiger partial charge in [-0.05, 0) is 12.6 Å². The molecule has 1 amide bonds. The summed E-state index contributed by atoms with van der Waals surface area (Å²) in [7, 11) is 4.21. The second-order valence-electron chi connectivity index (χ2n) is 5.68. The van der Waals surface area contributed by atoms with E-state index in [4.69, 9.17) is 5.73 Å². The standard InChI is InChI=1S/C16H25N3O/c1-5-15(20)18-16(2,14-10-7-6-8-11-14)19(3,4)13-9-12-17/h5-8,10-11H,1,9,12-13,17H2,2-4H3/p+1. The Morgan fingerprint density at radius 3 is 2.50 bits per heavy atom. The van der Waals surface area contributed by atoms with Gasteiger partial charge in [-0.25, -0.2) is 0 Å². The average Bonchev–Trinajstić information content (AvgIpc) is 2.45. The van der Waals surface area contributed by atoms with Crippen molar-refractivity contribution in [2.75, 3.05) is 27.2 Å². The van der Waals surface area contributed by atoms with Crippen LogP contribution in [0.3, 0.4) is 0 Å². The predicted molar refractivity (Wildman–Crippen MR) is 82.8 cm³/mol. The first-order valence-corrected chi connectivity index (χ1v) is 6.90. The summed E-state index contributed by atoms with van der Waals surface area (Å²) in [4.78, 5) is 11.9. The Bertz CT molecular complexity index is 456. The Labute approximate surface area is 121 Å². The number of nitrogens with zero attached hydrogens (tertiary/aromatic N) is 1. The third-order valence-electron chi connectivity index (χ3n) is 4.02. The van der Waals surface area contributed by atoms with Crippen molar-refractivity contribution < 1.29 is 9.28 Å². The van der Waals surface area contributed by atoms with Crippen molar-refractivity contribution in [2.45, 2.75) is 19.0 Å². The topological polar surface area (TPSA) is 55.1 Å². The van der Waals surface area contributed by atoms with Crippen LogP contribution in [0.25, 0.3) is 0 Å². The third-order valence-corrected chi connectivity index (χ3v) is 4.02. The molecule has 1 aromatic rings. The highest BCUT2D eigenvalue weighted by atomic mass is 16.1. The van der Waals surface area contributed by atoms with Crippen LogP contribution in [-0.4, -0.2) is 37.6 Å². The summed E-state index contributed by atoms with van der Waals surface area (Å²) in [5.74, 6) is -0.171. The molecule has 0 bridgehead atoms. The minimum absolute atomic E-state index is 0.171. The lowest BCUT2D eigenvalue weighted by molar-refractivity contribution is -0.950. The Morgan fingerprint density at radius 1 is 1.40 bits per heavy atom. The van der Waals surface area contributed by atoms with Gasteiger partial charge in [-0.3, -0.25) is 10.1 Å². The lowest BCUT2D eigenvalue weighted by Crippen LogP contribution is -2.64. The van der Waals surface area contributed by atoms with E-state index in [2.05, 4.69) is 26.0 Å². The molecule has 4 heteroatoms. The summed E-state index contributed by atoms with van der Waals surface area (Å²) in [6.07, 6.45) is 2.21. The zero-order valence-electron chi connectivity index (χ0n) is 12.7. The second kappa shape index (κ2) is 6.68. The smallest absolute Gasteiger partial charge is 0.248 e. The first-order chi connectivity index (χ1) is 9.37. The maximum Gasteiger partial charge on any atom is 0.248 e. The molecule has 0 aromatic heterocycles. The molecule has 110 valence electrons. The summed E-state index contributed by atoms with van der Waals surface area (Å²) >= 11 is 0. The summed E-state index contributed by atoms with van der Waals surface area (Å²) in [6.45, 7) is 7.10. The van der Waals surface area contributed by atoms with Gasteiger partial charge in [0.2, 0.25) is 5.91 Å². The molecule has 0 aliphatic heterocycles. The first kappa shape index (κ1) is 16.4. The zero-order chi connectivity index (χ0) is 15.2. The number of nitrogens with two attached hydrogens (primary N) is 1. The van der Waals surface area contributed by atoms with Gasteiger partial charge in [0.25, 0.3) is 0 Å². The Balaban J connectivity index is 3.19. The minimum atomic E-state index is -0.526. The molecule has 0 radical (unpaired) electrons. The van der Waals surface area contributed by atoms with Crippen molar-refractivity contribution in [1.82, 2.24) is 5.32 Å². The number of carbonyl (C=O) groups is 1. The van der Waals surface area contributed by atoms with Crippen molar-refractivity contribution in [2.24, 2.45) is 5.73 Å². The van der Waals surface area contributed by atoms with E-state index in [-0.39, 0.29) is 5.91 Å². The molecular weight excluding hydrogens is 250 g/mol. The van der Waals surface area contributed by atoms with Gasteiger partial charge >= 0.3 is 0 Å². The van der Waals surface area contributed by atoms with Crippen LogP contribution in [0.2, 0.25) is 0 Å². The fraction of sp³-hybridized carbons (Fsp3) is 0.438. The van der Waals surface area contributed by atoms with E-state index >= 15 is 0 Å². The minimum Gasteiger partial charge on any atom is -0.330 e. The van der Waals surface area contributed by atoms with E-state index in [9.17, 15) is 4.79 Å². The molecule has 1 aromatic carbocycles. The molecular formula is C16H26N3O+. The molecule has 4 nitrogen and oxygen atoms in total. The molecule has 0 fully saturated rings. The molecule has 1 rings (SSSR count). The van der Waals surface area contributed by atoms with E-state index in [1.54, 1.807) is 0 Å². The summed E-state index contributed by atoms with van der Waals surface area (Å²) in [5.41, 5.74) is 6.17. The largest absolute Gasteiger partial charge is 0.330 e. The quantitative estimate of drug-likeness (QED) is 0.451. The Morgan fingerprint density at radius 2 is 2.00 bits per heavy atom. The summed E-state index contributed by atoms with van der Waals surface area (Å²) in [6, 6.07) is 10.0. The highest BCUT2D eigenvalue weighted by Gasteiger charge is 2.43. The van der Waals surface area contributed by atoms with Crippen LogP contribution in [0.15, 0.2) is 43.0 Å². The maximum atomic E-state index is 11.9. The molecule has 1 unspecified atom stereocenters. The van der Waals surface area contributed by atoms with Crippen LogP contribution in [0.1, 0.15) is 18.9 Å². The lowest BCUT2D eigenvalue weighted by atomic mass is 9.96. The number of quaternary nitrogens is 1. The van der Waals surface area contributed by atoms with Crippen molar-refractivity contribution in [3.63, 3.8) is 0 Å². The Kier molecular flexibility index (Phi) is 5.48. The Hall–Kier alpha value is -1.65. The van der Waals surface area contributed by atoms with Gasteiger partial charge in [0.15, 0.2) is 5.66 Å². The van der Waals surface area contributed by atoms with Crippen molar-refractivity contribution >= 4 is 5.91 Å². The second-order valence-corrected chi connectivity index (χ2v) is 5.68. The SMILES string of the molecule is C=CC(=O)NC(C)(c1ccccc1)[N+](C)(C)CCCN. The van der Waals surface area contributed by atoms with Crippen LogP contribution < -0.4 is 11.1 Å². The van der Waals surface area contributed by atoms with Gasteiger partial charge in [-0.15, -0.1) is 0 Å².